The number of primary amides is 2. The van der Waals surface area contributed by atoms with E-state index in [1.807, 2.05) is 22.9 Å². The van der Waals surface area contributed by atoms with E-state index in [2.05, 4.69) is 11.9 Å². The number of nitrogens with zero attached hydrogens (tertiary/aromatic N) is 2. The first-order valence-corrected chi connectivity index (χ1v) is 9.76. The number of benzene rings is 1. The molecule has 1 aliphatic heterocycles. The van der Waals surface area contributed by atoms with E-state index < -0.39 is 11.8 Å². The second kappa shape index (κ2) is 6.67. The molecular weight excluding hydrogens is 384 g/mol. The molecule has 0 spiro atoms. The van der Waals surface area contributed by atoms with Crippen molar-refractivity contribution in [2.75, 3.05) is 13.6 Å². The van der Waals surface area contributed by atoms with Crippen LogP contribution in [0.15, 0.2) is 24.4 Å². The molecule has 0 atom stereocenters. The van der Waals surface area contributed by atoms with E-state index in [-0.39, 0.29) is 6.42 Å². The molecule has 4 N–H and O–H groups in total. The molecule has 0 fully saturated rings. The van der Waals surface area contributed by atoms with Crippen LogP contribution in [0.4, 0.5) is 0 Å². The fraction of sp³-hybridized carbons (Fsp3) is 0.263. The quantitative estimate of drug-likeness (QED) is 0.701. The van der Waals surface area contributed by atoms with Crippen molar-refractivity contribution in [3.63, 3.8) is 0 Å². The molecule has 4 rings (SSSR count). The van der Waals surface area contributed by atoms with E-state index in [0.29, 0.717) is 10.6 Å². The molecule has 1 aliphatic rings. The van der Waals surface area contributed by atoms with Crippen LogP contribution in [0.3, 0.4) is 0 Å². The van der Waals surface area contributed by atoms with E-state index in [9.17, 15) is 9.59 Å². The van der Waals surface area contributed by atoms with Crippen molar-refractivity contribution < 1.29 is 9.59 Å². The maximum absolute atomic E-state index is 12.3. The molecule has 0 unspecified atom stereocenters. The van der Waals surface area contributed by atoms with Crippen molar-refractivity contribution in [3.8, 4) is 5.00 Å². The Kier molecular flexibility index (Phi) is 4.46. The summed E-state index contributed by atoms with van der Waals surface area (Å²) in [5, 5.41) is 2.09. The van der Waals surface area contributed by atoms with Gasteiger partial charge in [-0.1, -0.05) is 17.7 Å². The predicted molar refractivity (Wildman–Crippen MR) is 108 cm³/mol. The highest BCUT2D eigenvalue weighted by Crippen LogP contribution is 2.39. The van der Waals surface area contributed by atoms with Gasteiger partial charge in [0.25, 0.3) is 5.91 Å². The molecule has 0 radical (unpaired) electrons. The molecule has 0 aliphatic carbocycles. The van der Waals surface area contributed by atoms with Crippen LogP contribution in [0.25, 0.3) is 15.9 Å². The minimum absolute atomic E-state index is 0.0764. The predicted octanol–water partition coefficient (Wildman–Crippen LogP) is 2.46. The molecule has 8 heteroatoms. The van der Waals surface area contributed by atoms with Crippen LogP contribution in [0.5, 0.6) is 0 Å². The Bertz CT molecular complexity index is 1090. The molecule has 27 heavy (non-hydrogen) atoms. The van der Waals surface area contributed by atoms with E-state index in [4.69, 9.17) is 23.1 Å². The van der Waals surface area contributed by atoms with Gasteiger partial charge in [-0.15, -0.1) is 11.3 Å². The first-order valence-electron chi connectivity index (χ1n) is 8.56. The fourth-order valence-electron chi connectivity index (χ4n) is 3.75. The lowest BCUT2D eigenvalue weighted by Gasteiger charge is -2.22. The zero-order valence-electron chi connectivity index (χ0n) is 14.8. The number of thiophene rings is 1. The van der Waals surface area contributed by atoms with E-state index in [1.54, 1.807) is 17.4 Å². The van der Waals surface area contributed by atoms with Gasteiger partial charge in [0.1, 0.15) is 5.00 Å². The Labute approximate surface area is 165 Å². The van der Waals surface area contributed by atoms with Crippen LogP contribution in [-0.4, -0.2) is 34.9 Å². The number of carbonyl (C=O) groups is 2. The van der Waals surface area contributed by atoms with Gasteiger partial charge >= 0.3 is 0 Å². The van der Waals surface area contributed by atoms with Crippen molar-refractivity contribution in [1.29, 1.82) is 0 Å². The van der Waals surface area contributed by atoms with E-state index >= 15 is 0 Å². The molecule has 1 aromatic carbocycles. The van der Waals surface area contributed by atoms with Gasteiger partial charge in [-0.25, -0.2) is 0 Å². The fourth-order valence-corrected chi connectivity index (χ4v) is 5.46. The molecule has 6 nitrogen and oxygen atoms in total. The average Bonchev–Trinajstić information content (AvgIpc) is 3.13. The number of nitrogens with two attached hydrogens (primary N) is 2. The Hall–Kier alpha value is -2.35. The molecule has 0 saturated heterocycles. The zero-order chi connectivity index (χ0) is 19.3. The molecule has 3 heterocycles. The highest BCUT2D eigenvalue weighted by atomic mass is 35.5. The number of rotatable bonds is 4. The van der Waals surface area contributed by atoms with E-state index in [0.717, 1.165) is 51.4 Å². The van der Waals surface area contributed by atoms with Crippen molar-refractivity contribution in [1.82, 2.24) is 9.47 Å². The summed E-state index contributed by atoms with van der Waals surface area (Å²) >= 11 is 7.97. The van der Waals surface area contributed by atoms with Gasteiger partial charge in [-0.2, -0.15) is 0 Å². The average molecular weight is 403 g/mol. The second-order valence-electron chi connectivity index (χ2n) is 6.84. The van der Waals surface area contributed by atoms with Gasteiger partial charge in [-0.3, -0.25) is 9.59 Å². The van der Waals surface area contributed by atoms with Crippen LogP contribution < -0.4 is 11.5 Å². The lowest BCUT2D eigenvalue weighted by molar-refractivity contribution is -0.117. The molecule has 3 aromatic rings. The van der Waals surface area contributed by atoms with Gasteiger partial charge in [-0.05, 0) is 36.7 Å². The Morgan fingerprint density at radius 3 is 2.78 bits per heavy atom. The topological polar surface area (TPSA) is 94.3 Å². The van der Waals surface area contributed by atoms with Gasteiger partial charge in [0.05, 0.1) is 22.5 Å². The molecular formula is C19H19ClN4O2S. The third-order valence-corrected chi connectivity index (χ3v) is 6.45. The van der Waals surface area contributed by atoms with Crippen LogP contribution in [-0.2, 0) is 24.2 Å². The van der Waals surface area contributed by atoms with Crippen molar-refractivity contribution in [2.24, 2.45) is 11.5 Å². The molecule has 140 valence electrons. The molecule has 0 bridgehead atoms. The highest BCUT2D eigenvalue weighted by Gasteiger charge is 2.28. The summed E-state index contributed by atoms with van der Waals surface area (Å²) < 4.78 is 1.92. The lowest BCUT2D eigenvalue weighted by atomic mass is 10.0. The van der Waals surface area contributed by atoms with Crippen molar-refractivity contribution in [2.45, 2.75) is 19.4 Å². The first-order chi connectivity index (χ1) is 12.9. The SMILES string of the molecule is CN1CCc2c(sc(-n3cc(CC(N)=O)c4c(Cl)cccc43)c2C(N)=O)C1. The number of fused-ring (bicyclic) bond motifs is 2. The number of carbonyl (C=O) groups excluding carboxylic acids is 2. The second-order valence-corrected chi connectivity index (χ2v) is 8.33. The lowest BCUT2D eigenvalue weighted by Crippen LogP contribution is -2.27. The summed E-state index contributed by atoms with van der Waals surface area (Å²) in [6, 6.07) is 5.55. The number of amides is 2. The maximum Gasteiger partial charge on any atom is 0.252 e. The standard InChI is InChI=1S/C19H19ClN4O2S/c1-23-6-5-11-14(9-23)27-19(17(11)18(22)26)24-8-10(7-15(21)25)16-12(20)3-2-4-13(16)24/h2-4,8H,5-7,9H2,1H3,(H2,21,25)(H2,22,26). The van der Waals surface area contributed by atoms with E-state index in [1.165, 1.54) is 0 Å². The minimum atomic E-state index is -0.438. The minimum Gasteiger partial charge on any atom is -0.369 e. The van der Waals surface area contributed by atoms with Gasteiger partial charge in [0.15, 0.2) is 0 Å². The Morgan fingerprint density at radius 1 is 1.30 bits per heavy atom. The Morgan fingerprint density at radius 2 is 2.07 bits per heavy atom. The molecule has 2 aromatic heterocycles. The summed E-state index contributed by atoms with van der Waals surface area (Å²) in [5.74, 6) is -0.872. The smallest absolute Gasteiger partial charge is 0.252 e. The number of likely N-dealkylation sites (N-methyl/N-ethyl adjacent to an activating group) is 1. The summed E-state index contributed by atoms with van der Waals surface area (Å²) in [7, 11) is 2.06. The third-order valence-electron chi connectivity index (χ3n) is 4.92. The molecule has 0 saturated carbocycles. The normalized spacial score (nSPS) is 14.4. The highest BCUT2D eigenvalue weighted by molar-refractivity contribution is 7.15. The number of hydrogen-bond donors (Lipinski definition) is 2. The van der Waals surface area contributed by atoms with Gasteiger partial charge in [0.2, 0.25) is 5.91 Å². The Balaban J connectivity index is 1.99. The number of hydrogen-bond acceptors (Lipinski definition) is 4. The summed E-state index contributed by atoms with van der Waals surface area (Å²) in [4.78, 5) is 27.2. The van der Waals surface area contributed by atoms with Crippen LogP contribution in [0, 0.1) is 0 Å². The first kappa shape index (κ1) is 18.0. The monoisotopic (exact) mass is 402 g/mol. The largest absolute Gasteiger partial charge is 0.369 e. The summed E-state index contributed by atoms with van der Waals surface area (Å²) in [6.45, 7) is 1.67. The van der Waals surface area contributed by atoms with Crippen LogP contribution in [0.1, 0.15) is 26.4 Å². The van der Waals surface area contributed by atoms with Crippen LogP contribution >= 0.6 is 22.9 Å². The zero-order valence-corrected chi connectivity index (χ0v) is 16.4. The number of aromatic nitrogens is 1. The van der Waals surface area contributed by atoms with Crippen molar-refractivity contribution >= 4 is 45.7 Å². The van der Waals surface area contributed by atoms with Crippen molar-refractivity contribution in [3.05, 3.63) is 51.0 Å². The summed E-state index contributed by atoms with van der Waals surface area (Å²) in [5.41, 5.74) is 14.3. The van der Waals surface area contributed by atoms with Gasteiger partial charge < -0.3 is 20.9 Å². The number of halogens is 1. The maximum atomic E-state index is 12.3. The summed E-state index contributed by atoms with van der Waals surface area (Å²) in [6.07, 6.45) is 2.70. The van der Waals surface area contributed by atoms with Crippen LogP contribution in [0.2, 0.25) is 5.02 Å². The van der Waals surface area contributed by atoms with Gasteiger partial charge in [0, 0.05) is 29.5 Å². The third kappa shape index (κ3) is 3.01. The molecule has 2 amide bonds.